The molecule has 1 N–H and O–H groups in total. The topological polar surface area (TPSA) is 37.9 Å². The molecule has 0 saturated carbocycles. The molecule has 1 aromatic heterocycles. The number of nitrogens with one attached hydrogen (secondary N) is 1. The van der Waals surface area contributed by atoms with Crippen molar-refractivity contribution in [1.82, 2.24) is 4.90 Å². The zero-order valence-corrected chi connectivity index (χ0v) is 12.9. The lowest BCUT2D eigenvalue weighted by atomic mass is 9.96. The number of likely N-dealkylation sites (tertiary alicyclic amines) is 1. The number of aryl methyl sites for hydroxylation is 1. The Morgan fingerprint density at radius 1 is 1.40 bits per heavy atom. The average molecular weight is 279 g/mol. The number of nitrogens with zero attached hydrogens (tertiary/aromatic N) is 1. The SMILES string of the molecule is CCN(CC)C(=O)[C@H]1CCC[NH+](Cc2ccc(C)o2)C1. The summed E-state index contributed by atoms with van der Waals surface area (Å²) in [4.78, 5) is 15.9. The van der Waals surface area contributed by atoms with Crippen molar-refractivity contribution in [3.05, 3.63) is 23.7 Å². The number of furan rings is 1. The summed E-state index contributed by atoms with van der Waals surface area (Å²) >= 11 is 0. The largest absolute Gasteiger partial charge is 0.460 e. The number of amides is 1. The molecule has 1 unspecified atom stereocenters. The van der Waals surface area contributed by atoms with Gasteiger partial charge in [0, 0.05) is 13.1 Å². The quantitative estimate of drug-likeness (QED) is 0.881. The van der Waals surface area contributed by atoms with Gasteiger partial charge >= 0.3 is 0 Å². The highest BCUT2D eigenvalue weighted by Gasteiger charge is 2.31. The Labute approximate surface area is 121 Å². The molecule has 0 radical (unpaired) electrons. The van der Waals surface area contributed by atoms with Crippen LogP contribution in [0.25, 0.3) is 0 Å². The second kappa shape index (κ2) is 6.93. The lowest BCUT2D eigenvalue weighted by molar-refractivity contribution is -0.922. The highest BCUT2D eigenvalue weighted by molar-refractivity contribution is 5.78. The highest BCUT2D eigenvalue weighted by atomic mass is 16.3. The van der Waals surface area contributed by atoms with Crippen LogP contribution in [0.15, 0.2) is 16.5 Å². The van der Waals surface area contributed by atoms with Gasteiger partial charge in [0.25, 0.3) is 0 Å². The molecule has 2 atom stereocenters. The monoisotopic (exact) mass is 279 g/mol. The molecule has 20 heavy (non-hydrogen) atoms. The first kappa shape index (κ1) is 15.1. The number of carbonyl (C=O) groups is 1. The fourth-order valence-corrected chi connectivity index (χ4v) is 3.14. The van der Waals surface area contributed by atoms with Crippen LogP contribution in [-0.4, -0.2) is 37.0 Å². The molecule has 1 aliphatic heterocycles. The third-order valence-corrected chi connectivity index (χ3v) is 4.26. The zero-order valence-electron chi connectivity index (χ0n) is 12.9. The summed E-state index contributed by atoms with van der Waals surface area (Å²) in [5.41, 5.74) is 0. The van der Waals surface area contributed by atoms with E-state index in [1.807, 2.05) is 17.9 Å². The van der Waals surface area contributed by atoms with Gasteiger partial charge in [0.1, 0.15) is 12.3 Å². The fourth-order valence-electron chi connectivity index (χ4n) is 3.14. The van der Waals surface area contributed by atoms with Crippen LogP contribution in [0.2, 0.25) is 0 Å². The summed E-state index contributed by atoms with van der Waals surface area (Å²) in [6.45, 7) is 10.7. The molecule has 2 heterocycles. The molecule has 2 rings (SSSR count). The molecule has 0 spiro atoms. The number of hydrogen-bond donors (Lipinski definition) is 1. The maximum Gasteiger partial charge on any atom is 0.231 e. The van der Waals surface area contributed by atoms with Crippen LogP contribution < -0.4 is 4.90 Å². The van der Waals surface area contributed by atoms with Crippen molar-refractivity contribution in [3.8, 4) is 0 Å². The molecule has 1 saturated heterocycles. The van der Waals surface area contributed by atoms with Crippen LogP contribution >= 0.6 is 0 Å². The van der Waals surface area contributed by atoms with Gasteiger partial charge in [0.05, 0.1) is 19.0 Å². The number of hydrogen-bond acceptors (Lipinski definition) is 2. The van der Waals surface area contributed by atoms with Gasteiger partial charge in [0.2, 0.25) is 5.91 Å². The van der Waals surface area contributed by atoms with Crippen molar-refractivity contribution in [1.29, 1.82) is 0 Å². The third kappa shape index (κ3) is 3.63. The molecule has 1 fully saturated rings. The number of carbonyl (C=O) groups excluding carboxylic acids is 1. The minimum absolute atomic E-state index is 0.190. The van der Waals surface area contributed by atoms with Gasteiger partial charge in [-0.25, -0.2) is 0 Å². The van der Waals surface area contributed by atoms with E-state index in [2.05, 4.69) is 19.9 Å². The van der Waals surface area contributed by atoms with Crippen LogP contribution in [-0.2, 0) is 11.3 Å². The summed E-state index contributed by atoms with van der Waals surface area (Å²) in [6.07, 6.45) is 2.17. The van der Waals surface area contributed by atoms with E-state index in [0.717, 1.165) is 57.1 Å². The zero-order chi connectivity index (χ0) is 14.5. The van der Waals surface area contributed by atoms with Crippen molar-refractivity contribution in [3.63, 3.8) is 0 Å². The molecule has 4 heteroatoms. The maximum absolute atomic E-state index is 12.5. The van der Waals surface area contributed by atoms with Gasteiger partial charge in [-0.15, -0.1) is 0 Å². The molecule has 112 valence electrons. The van der Waals surface area contributed by atoms with Crippen molar-refractivity contribution in [2.75, 3.05) is 26.2 Å². The van der Waals surface area contributed by atoms with Gasteiger partial charge < -0.3 is 14.2 Å². The van der Waals surface area contributed by atoms with Crippen molar-refractivity contribution in [2.45, 2.75) is 40.2 Å². The van der Waals surface area contributed by atoms with Crippen molar-refractivity contribution < 1.29 is 14.1 Å². The van der Waals surface area contributed by atoms with Crippen molar-refractivity contribution >= 4 is 5.91 Å². The predicted octanol–water partition coefficient (Wildman–Crippen LogP) is 1.25. The van der Waals surface area contributed by atoms with E-state index in [-0.39, 0.29) is 5.92 Å². The van der Waals surface area contributed by atoms with Crippen LogP contribution in [0.5, 0.6) is 0 Å². The third-order valence-electron chi connectivity index (χ3n) is 4.26. The smallest absolute Gasteiger partial charge is 0.231 e. The Morgan fingerprint density at radius 3 is 2.75 bits per heavy atom. The van der Waals surface area contributed by atoms with E-state index in [4.69, 9.17) is 4.42 Å². The van der Waals surface area contributed by atoms with Crippen LogP contribution in [0.3, 0.4) is 0 Å². The Balaban J connectivity index is 1.92. The second-order valence-electron chi connectivity index (χ2n) is 5.74. The summed E-state index contributed by atoms with van der Waals surface area (Å²) in [6, 6.07) is 4.06. The molecule has 0 aliphatic carbocycles. The minimum atomic E-state index is 0.190. The molecular weight excluding hydrogens is 252 g/mol. The summed E-state index contributed by atoms with van der Waals surface area (Å²) in [7, 11) is 0. The van der Waals surface area contributed by atoms with E-state index >= 15 is 0 Å². The molecule has 4 nitrogen and oxygen atoms in total. The van der Waals surface area contributed by atoms with Gasteiger partial charge in [-0.1, -0.05) is 0 Å². The first-order valence-corrected chi connectivity index (χ1v) is 7.81. The van der Waals surface area contributed by atoms with Gasteiger partial charge in [-0.05, 0) is 45.7 Å². The highest BCUT2D eigenvalue weighted by Crippen LogP contribution is 2.12. The van der Waals surface area contributed by atoms with Gasteiger partial charge in [0.15, 0.2) is 5.76 Å². The molecular formula is C16H27N2O2+. The van der Waals surface area contributed by atoms with Crippen LogP contribution in [0.1, 0.15) is 38.2 Å². The number of piperidine rings is 1. The van der Waals surface area contributed by atoms with E-state index in [1.165, 1.54) is 4.90 Å². The lowest BCUT2D eigenvalue weighted by Crippen LogP contribution is -3.12. The Morgan fingerprint density at radius 2 is 2.15 bits per heavy atom. The van der Waals surface area contributed by atoms with Crippen molar-refractivity contribution in [2.24, 2.45) is 5.92 Å². The first-order valence-electron chi connectivity index (χ1n) is 7.81. The first-order chi connectivity index (χ1) is 9.63. The van der Waals surface area contributed by atoms with E-state index in [0.29, 0.717) is 5.91 Å². The second-order valence-corrected chi connectivity index (χ2v) is 5.74. The Bertz CT molecular complexity index is 437. The number of quaternary nitrogens is 1. The van der Waals surface area contributed by atoms with Crippen LogP contribution in [0, 0.1) is 12.8 Å². The molecule has 1 amide bonds. The standard InChI is InChI=1S/C16H26N2O2/c1-4-18(5-2)16(19)14-7-6-10-17(11-14)12-15-9-8-13(3)20-15/h8-9,14H,4-7,10-12H2,1-3H3/p+1/t14-/m0/s1. The fraction of sp³-hybridized carbons (Fsp3) is 0.688. The van der Waals surface area contributed by atoms with Crippen LogP contribution in [0.4, 0.5) is 0 Å². The normalized spacial score (nSPS) is 22.8. The summed E-state index contributed by atoms with van der Waals surface area (Å²) < 4.78 is 5.66. The van der Waals surface area contributed by atoms with Gasteiger partial charge in [-0.3, -0.25) is 4.79 Å². The Kier molecular flexibility index (Phi) is 5.24. The maximum atomic E-state index is 12.5. The summed E-state index contributed by atoms with van der Waals surface area (Å²) in [5, 5.41) is 0. The summed E-state index contributed by atoms with van der Waals surface area (Å²) in [5.74, 6) is 2.53. The molecule has 0 aromatic carbocycles. The van der Waals surface area contributed by atoms with E-state index < -0.39 is 0 Å². The average Bonchev–Trinajstić information content (AvgIpc) is 2.85. The van der Waals surface area contributed by atoms with Gasteiger partial charge in [-0.2, -0.15) is 0 Å². The van der Waals surface area contributed by atoms with E-state index in [9.17, 15) is 4.79 Å². The number of rotatable bonds is 5. The Hall–Kier alpha value is -1.29. The minimum Gasteiger partial charge on any atom is -0.460 e. The lowest BCUT2D eigenvalue weighted by Gasteiger charge is -2.31. The predicted molar refractivity (Wildman–Crippen MR) is 78.5 cm³/mol. The van der Waals surface area contributed by atoms with E-state index in [1.54, 1.807) is 0 Å². The molecule has 0 bridgehead atoms. The molecule has 1 aromatic rings. The molecule has 1 aliphatic rings.